The smallest absolute Gasteiger partial charge is 0.664 e. The molecule has 0 aliphatic carbocycles. The topological polar surface area (TPSA) is 53.3 Å². The number of nitrogens with one attached hydrogen (secondary N) is 1. The Morgan fingerprint density at radius 1 is 1.47 bits per heavy atom. The van der Waals surface area contributed by atoms with Crippen molar-refractivity contribution in [3.63, 3.8) is 0 Å². The molecule has 15 heavy (non-hydrogen) atoms. The summed E-state index contributed by atoms with van der Waals surface area (Å²) in [6.45, 7) is 5.53. The summed E-state index contributed by atoms with van der Waals surface area (Å²) in [5.41, 5.74) is 7.56. The van der Waals surface area contributed by atoms with E-state index in [-0.39, 0.29) is 58.8 Å². The number of nitrogens with zero attached hydrogens (tertiary/aromatic N) is 1. The fraction of sp³-hybridized carbons (Fsp3) is 0.600. The van der Waals surface area contributed by atoms with Crippen LogP contribution < -0.4 is 51.4 Å². The summed E-state index contributed by atoms with van der Waals surface area (Å²) in [6.07, 6.45) is 1.71. The van der Waals surface area contributed by atoms with E-state index in [2.05, 4.69) is 4.90 Å². The molecule has 1 N–H and O–H groups in total. The van der Waals surface area contributed by atoms with Gasteiger partial charge in [0, 0.05) is 19.6 Å². The van der Waals surface area contributed by atoms with Crippen LogP contribution in [0.3, 0.4) is 0 Å². The van der Waals surface area contributed by atoms with Crippen LogP contribution in [-0.2, 0) is 9.53 Å². The number of morpholine rings is 1. The van der Waals surface area contributed by atoms with E-state index in [1.165, 1.54) is 0 Å². The van der Waals surface area contributed by atoms with Crippen LogP contribution in [0.15, 0.2) is 11.6 Å². The number of carbonyl (C=O) groups is 1. The van der Waals surface area contributed by atoms with Crippen molar-refractivity contribution in [2.24, 2.45) is 0 Å². The number of amides is 1. The third-order valence-electron chi connectivity index (χ3n) is 2.14. The van der Waals surface area contributed by atoms with Crippen molar-refractivity contribution in [1.29, 1.82) is 0 Å². The van der Waals surface area contributed by atoms with Gasteiger partial charge in [-0.05, 0) is 12.5 Å². The first kappa shape index (κ1) is 18.1. The van der Waals surface area contributed by atoms with E-state index in [0.29, 0.717) is 12.1 Å². The molecule has 1 heterocycles. The Labute approximate surface area is 135 Å². The Morgan fingerprint density at radius 2 is 2.00 bits per heavy atom. The average molecular weight is 237 g/mol. The SMILES string of the molecule is C/C=C(\CN1CCOCC1)C([NH-])=O.[CH3-].[K+]. The maximum absolute atomic E-state index is 10.8. The van der Waals surface area contributed by atoms with Crippen LogP contribution in [0.5, 0.6) is 0 Å². The molecule has 0 bridgehead atoms. The molecule has 0 atom stereocenters. The van der Waals surface area contributed by atoms with Gasteiger partial charge in [0.25, 0.3) is 0 Å². The standard InChI is InChI=1S/C9H16N2O2.CH3.K/c1-2-8(9(10)12)7-11-3-5-13-6-4-11;;/h2H,3-7H2,1H3,(H2,10,12);1H3;/q;-1;+1/p-1/b8-2+;;. The van der Waals surface area contributed by atoms with Gasteiger partial charge in [-0.2, -0.15) is 0 Å². The molecule has 0 spiro atoms. The normalized spacial score (nSPS) is 17.5. The van der Waals surface area contributed by atoms with Gasteiger partial charge in [-0.25, -0.2) is 0 Å². The van der Waals surface area contributed by atoms with Gasteiger partial charge >= 0.3 is 51.4 Å². The summed E-state index contributed by atoms with van der Waals surface area (Å²) < 4.78 is 5.18. The second-order valence-corrected chi connectivity index (χ2v) is 3.03. The molecule has 0 saturated carbocycles. The predicted molar refractivity (Wildman–Crippen MR) is 56.8 cm³/mol. The van der Waals surface area contributed by atoms with Crippen molar-refractivity contribution in [3.8, 4) is 0 Å². The molecule has 1 aliphatic heterocycles. The summed E-state index contributed by atoms with van der Waals surface area (Å²) in [5.74, 6) is -0.575. The monoisotopic (exact) mass is 237 g/mol. The van der Waals surface area contributed by atoms with Crippen LogP contribution >= 0.6 is 0 Å². The number of hydrogen-bond acceptors (Lipinski definition) is 3. The van der Waals surface area contributed by atoms with Gasteiger partial charge < -0.3 is 22.7 Å². The van der Waals surface area contributed by atoms with Crippen LogP contribution in [0, 0.1) is 7.43 Å². The van der Waals surface area contributed by atoms with Gasteiger partial charge in [0.15, 0.2) is 0 Å². The van der Waals surface area contributed by atoms with Crippen LogP contribution in [0.4, 0.5) is 0 Å². The summed E-state index contributed by atoms with van der Waals surface area (Å²) >= 11 is 0. The predicted octanol–water partition coefficient (Wildman–Crippen LogP) is -1.70. The Hall–Kier alpha value is 0.766. The van der Waals surface area contributed by atoms with Crippen LogP contribution in [0.1, 0.15) is 6.92 Å². The fourth-order valence-electron chi connectivity index (χ4n) is 1.29. The van der Waals surface area contributed by atoms with E-state index in [1.807, 2.05) is 0 Å². The molecule has 4 nitrogen and oxygen atoms in total. The molecule has 82 valence electrons. The molecule has 1 amide bonds. The number of carbonyl (C=O) groups excluding carboxylic acids is 1. The zero-order valence-electron chi connectivity index (χ0n) is 9.88. The van der Waals surface area contributed by atoms with Crippen molar-refractivity contribution in [2.45, 2.75) is 6.92 Å². The first-order valence-corrected chi connectivity index (χ1v) is 4.45. The van der Waals surface area contributed by atoms with E-state index < -0.39 is 5.91 Å². The van der Waals surface area contributed by atoms with Crippen molar-refractivity contribution in [2.75, 3.05) is 32.8 Å². The zero-order chi connectivity index (χ0) is 9.68. The number of allylic oxidation sites excluding steroid dienone is 1. The van der Waals surface area contributed by atoms with Crippen molar-refractivity contribution in [1.82, 2.24) is 4.90 Å². The third-order valence-corrected chi connectivity index (χ3v) is 2.14. The van der Waals surface area contributed by atoms with Crippen molar-refractivity contribution < 1.29 is 60.9 Å². The van der Waals surface area contributed by atoms with E-state index in [1.54, 1.807) is 13.0 Å². The summed E-state index contributed by atoms with van der Waals surface area (Å²) in [4.78, 5) is 12.9. The minimum absolute atomic E-state index is 0. The largest absolute Gasteiger partial charge is 1.00 e. The molecule has 1 saturated heterocycles. The van der Waals surface area contributed by atoms with E-state index in [4.69, 9.17) is 10.5 Å². The van der Waals surface area contributed by atoms with Gasteiger partial charge in [0.1, 0.15) is 0 Å². The molecule has 5 heteroatoms. The van der Waals surface area contributed by atoms with Gasteiger partial charge in [-0.15, -0.1) is 0 Å². The van der Waals surface area contributed by atoms with Gasteiger partial charge in [-0.1, -0.05) is 6.08 Å². The molecule has 0 radical (unpaired) electrons. The maximum atomic E-state index is 10.8. The molecule has 1 fully saturated rings. The second-order valence-electron chi connectivity index (χ2n) is 3.03. The Balaban J connectivity index is 0. The number of ether oxygens (including phenoxy) is 1. The molecule has 0 unspecified atom stereocenters. The second kappa shape index (κ2) is 9.95. The van der Waals surface area contributed by atoms with E-state index in [0.717, 1.165) is 26.3 Å². The van der Waals surface area contributed by atoms with Crippen LogP contribution in [0.25, 0.3) is 5.73 Å². The fourth-order valence-corrected chi connectivity index (χ4v) is 1.29. The maximum Gasteiger partial charge on any atom is 1.00 e. The van der Waals surface area contributed by atoms with Crippen molar-refractivity contribution in [3.05, 3.63) is 24.8 Å². The van der Waals surface area contributed by atoms with Crippen LogP contribution in [-0.4, -0.2) is 43.7 Å². The number of hydrogen-bond donors (Lipinski definition) is 0. The van der Waals surface area contributed by atoms with E-state index in [9.17, 15) is 4.79 Å². The Kier molecular flexibility index (Phi) is 12.0. The first-order valence-electron chi connectivity index (χ1n) is 4.45. The minimum Gasteiger partial charge on any atom is -0.664 e. The molecule has 1 rings (SSSR count). The average Bonchev–Trinajstić information content (AvgIpc) is 2.15. The molecule has 0 aromatic rings. The first-order chi connectivity index (χ1) is 6.24. The summed E-state index contributed by atoms with van der Waals surface area (Å²) in [6, 6.07) is 0. The number of rotatable bonds is 3. The molecule has 0 aromatic carbocycles. The Bertz CT molecular complexity index is 213. The summed E-state index contributed by atoms with van der Waals surface area (Å²) in [7, 11) is 0. The molecule has 0 aromatic heterocycles. The van der Waals surface area contributed by atoms with Crippen LogP contribution in [0.2, 0.25) is 0 Å². The quantitative estimate of drug-likeness (QED) is 0.334. The van der Waals surface area contributed by atoms with Gasteiger partial charge in [0.05, 0.1) is 19.1 Å². The van der Waals surface area contributed by atoms with E-state index >= 15 is 0 Å². The van der Waals surface area contributed by atoms with Crippen molar-refractivity contribution >= 4 is 5.91 Å². The Morgan fingerprint density at radius 3 is 2.40 bits per heavy atom. The van der Waals surface area contributed by atoms with Gasteiger partial charge in [0.2, 0.25) is 0 Å². The zero-order valence-corrected chi connectivity index (χ0v) is 13.0. The van der Waals surface area contributed by atoms with Gasteiger partial charge in [-0.3, -0.25) is 4.90 Å². The summed E-state index contributed by atoms with van der Waals surface area (Å²) in [5, 5.41) is 0. The minimum atomic E-state index is -0.575. The molecular weight excluding hydrogens is 219 g/mol. The molecular formula is C10H18KN2O2-. The molecule has 1 aliphatic rings. The third kappa shape index (κ3) is 6.83.